The molecule has 4 rings (SSSR count). The van der Waals surface area contributed by atoms with E-state index >= 15 is 0 Å². The molecule has 0 atom stereocenters. The van der Waals surface area contributed by atoms with Gasteiger partial charge in [0.05, 0.1) is 6.54 Å². The second kappa shape index (κ2) is 9.52. The number of benzene rings is 2. The lowest BCUT2D eigenvalue weighted by Gasteiger charge is -2.04. The monoisotopic (exact) mass is 551 g/mol. The van der Waals surface area contributed by atoms with Gasteiger partial charge in [0.15, 0.2) is 11.6 Å². The minimum Gasteiger partial charge on any atom is -0.486 e. The number of halogens is 3. The maximum atomic E-state index is 13.8. The van der Waals surface area contributed by atoms with E-state index in [0.717, 1.165) is 3.57 Å². The van der Waals surface area contributed by atoms with Crippen molar-refractivity contribution in [2.24, 2.45) is 0 Å². The van der Waals surface area contributed by atoms with Crippen molar-refractivity contribution >= 4 is 45.9 Å². The third-order valence-electron chi connectivity index (χ3n) is 4.32. The van der Waals surface area contributed by atoms with E-state index in [1.807, 2.05) is 24.3 Å². The molecule has 2 heterocycles. The molecule has 0 spiro atoms. The Labute approximate surface area is 196 Å². The highest BCUT2D eigenvalue weighted by atomic mass is 127. The van der Waals surface area contributed by atoms with Crippen LogP contribution in [0.1, 0.15) is 21.9 Å². The maximum absolute atomic E-state index is 13.8. The number of nitrogens with one attached hydrogen (secondary N) is 1. The molecule has 0 bridgehead atoms. The molecule has 1 amide bonds. The first-order chi connectivity index (χ1) is 15.0. The van der Waals surface area contributed by atoms with Crippen molar-refractivity contribution in [3.63, 3.8) is 0 Å². The van der Waals surface area contributed by atoms with Crippen molar-refractivity contribution in [3.05, 3.63) is 98.4 Å². The molecule has 0 saturated heterocycles. The van der Waals surface area contributed by atoms with Crippen LogP contribution in [0.25, 0.3) is 0 Å². The average molecular weight is 552 g/mol. The molecule has 0 radical (unpaired) electrons. The van der Waals surface area contributed by atoms with Gasteiger partial charge in [0.25, 0.3) is 5.91 Å². The smallest absolute Gasteiger partial charge is 0.292 e. The number of anilines is 1. The number of nitrogens with zero attached hydrogens (tertiary/aromatic N) is 2. The van der Waals surface area contributed by atoms with Gasteiger partial charge in [-0.2, -0.15) is 5.10 Å². The van der Waals surface area contributed by atoms with E-state index in [1.165, 1.54) is 16.9 Å². The Bertz CT molecular complexity index is 1210. The summed E-state index contributed by atoms with van der Waals surface area (Å²) in [5.74, 6) is 0.626. The molecule has 0 aliphatic heterocycles. The molecular weight excluding hydrogens is 536 g/mol. The van der Waals surface area contributed by atoms with Gasteiger partial charge >= 0.3 is 0 Å². The topological polar surface area (TPSA) is 69.3 Å². The molecule has 4 aromatic rings. The van der Waals surface area contributed by atoms with E-state index in [-0.39, 0.29) is 35.6 Å². The second-order valence-corrected chi connectivity index (χ2v) is 8.23. The number of furan rings is 1. The summed E-state index contributed by atoms with van der Waals surface area (Å²) in [7, 11) is 0. The normalized spacial score (nSPS) is 10.8. The summed E-state index contributed by atoms with van der Waals surface area (Å²) in [6.07, 6.45) is 1.52. The highest BCUT2D eigenvalue weighted by Gasteiger charge is 2.16. The van der Waals surface area contributed by atoms with Crippen LogP contribution < -0.4 is 10.1 Å². The first-order valence-corrected chi connectivity index (χ1v) is 10.7. The third-order valence-corrected chi connectivity index (χ3v) is 5.32. The number of carbonyl (C=O) groups excluding carboxylic acids is 1. The Kier molecular flexibility index (Phi) is 6.57. The Morgan fingerprint density at radius 1 is 1.16 bits per heavy atom. The van der Waals surface area contributed by atoms with Gasteiger partial charge in [-0.15, -0.1) is 0 Å². The van der Waals surface area contributed by atoms with Crippen LogP contribution in [0.15, 0.2) is 71.3 Å². The molecule has 31 heavy (non-hydrogen) atoms. The quantitative estimate of drug-likeness (QED) is 0.297. The van der Waals surface area contributed by atoms with Crippen molar-refractivity contribution in [2.75, 3.05) is 5.32 Å². The Morgan fingerprint density at radius 2 is 1.94 bits per heavy atom. The van der Waals surface area contributed by atoms with E-state index < -0.39 is 5.91 Å². The Balaban J connectivity index is 1.38. The van der Waals surface area contributed by atoms with Gasteiger partial charge in [-0.1, -0.05) is 29.8 Å². The summed E-state index contributed by atoms with van der Waals surface area (Å²) < 4.78 is 27.6. The molecule has 2 aromatic heterocycles. The van der Waals surface area contributed by atoms with Gasteiger partial charge in [0.1, 0.15) is 29.0 Å². The molecule has 2 aromatic carbocycles. The number of ether oxygens (including phenoxy) is 1. The van der Waals surface area contributed by atoms with Crippen LogP contribution in [0.5, 0.6) is 5.75 Å². The average Bonchev–Trinajstić information content (AvgIpc) is 3.36. The molecule has 158 valence electrons. The van der Waals surface area contributed by atoms with E-state index in [9.17, 15) is 9.18 Å². The van der Waals surface area contributed by atoms with E-state index in [1.54, 1.807) is 30.3 Å². The number of carbonyl (C=O) groups is 1. The van der Waals surface area contributed by atoms with Gasteiger partial charge in [-0.3, -0.25) is 9.48 Å². The lowest BCUT2D eigenvalue weighted by atomic mass is 10.2. The fraction of sp³-hybridized carbons (Fsp3) is 0.0909. The Hall–Kier alpha value is -2.85. The molecule has 6 nitrogen and oxygen atoms in total. The third kappa shape index (κ3) is 5.45. The van der Waals surface area contributed by atoms with Crippen LogP contribution >= 0.6 is 34.2 Å². The van der Waals surface area contributed by atoms with Crippen LogP contribution in [0, 0.1) is 9.39 Å². The number of hydrogen-bond donors (Lipinski definition) is 1. The lowest BCUT2D eigenvalue weighted by molar-refractivity contribution is 0.0992. The second-order valence-electron chi connectivity index (χ2n) is 6.58. The molecular formula is C22H16ClFIN3O3. The molecule has 0 fully saturated rings. The van der Waals surface area contributed by atoms with Crippen LogP contribution in [-0.2, 0) is 13.2 Å². The number of aromatic nitrogens is 2. The minimum atomic E-state index is -0.501. The zero-order chi connectivity index (χ0) is 21.8. The number of hydrogen-bond acceptors (Lipinski definition) is 4. The largest absolute Gasteiger partial charge is 0.486 e. The summed E-state index contributed by atoms with van der Waals surface area (Å²) in [4.78, 5) is 12.5. The standard InChI is InChI=1S/C22H16ClFIN3O3/c23-18-12-28(11-14-3-1-2-4-19(14)24)27-21(18)26-22(29)20-10-9-17(31-20)13-30-16-7-5-15(25)6-8-16/h1-10,12H,11,13H2,(H,26,27,29). The van der Waals surface area contributed by atoms with Gasteiger partial charge in [0.2, 0.25) is 0 Å². The zero-order valence-corrected chi connectivity index (χ0v) is 18.9. The van der Waals surface area contributed by atoms with Crippen LogP contribution in [0.4, 0.5) is 10.2 Å². The van der Waals surface area contributed by atoms with Crippen molar-refractivity contribution in [1.29, 1.82) is 0 Å². The molecule has 0 unspecified atom stereocenters. The maximum Gasteiger partial charge on any atom is 0.292 e. The van der Waals surface area contributed by atoms with Crippen molar-refractivity contribution in [1.82, 2.24) is 9.78 Å². The summed E-state index contributed by atoms with van der Waals surface area (Å²) in [5.41, 5.74) is 0.461. The SMILES string of the molecule is O=C(Nc1nn(Cc2ccccc2F)cc1Cl)c1ccc(COc2ccc(I)cc2)o1. The van der Waals surface area contributed by atoms with E-state index in [0.29, 0.717) is 17.1 Å². The molecule has 0 saturated carbocycles. The van der Waals surface area contributed by atoms with Gasteiger partial charge in [0, 0.05) is 15.3 Å². The summed E-state index contributed by atoms with van der Waals surface area (Å²) >= 11 is 8.39. The molecule has 9 heteroatoms. The van der Waals surface area contributed by atoms with Gasteiger partial charge < -0.3 is 14.5 Å². The number of rotatable bonds is 7. The lowest BCUT2D eigenvalue weighted by Crippen LogP contribution is -2.12. The van der Waals surface area contributed by atoms with Crippen LogP contribution in [0.3, 0.4) is 0 Å². The zero-order valence-electron chi connectivity index (χ0n) is 16.0. The first-order valence-electron chi connectivity index (χ1n) is 9.23. The first kappa shape index (κ1) is 21.4. The Morgan fingerprint density at radius 3 is 2.71 bits per heavy atom. The van der Waals surface area contributed by atoms with Crippen LogP contribution in [-0.4, -0.2) is 15.7 Å². The van der Waals surface area contributed by atoms with Gasteiger partial charge in [-0.25, -0.2) is 4.39 Å². The fourth-order valence-electron chi connectivity index (χ4n) is 2.80. The summed E-state index contributed by atoms with van der Waals surface area (Å²) in [6, 6.07) is 17.2. The van der Waals surface area contributed by atoms with E-state index in [4.69, 9.17) is 20.8 Å². The highest BCUT2D eigenvalue weighted by Crippen LogP contribution is 2.22. The number of amides is 1. The molecule has 0 aliphatic rings. The predicted octanol–water partition coefficient (Wildman–Crippen LogP) is 5.75. The van der Waals surface area contributed by atoms with Crippen molar-refractivity contribution < 1.29 is 18.3 Å². The highest BCUT2D eigenvalue weighted by molar-refractivity contribution is 14.1. The van der Waals surface area contributed by atoms with E-state index in [2.05, 4.69) is 33.0 Å². The summed E-state index contributed by atoms with van der Waals surface area (Å²) in [5, 5.41) is 7.06. The van der Waals surface area contributed by atoms with Crippen molar-refractivity contribution in [3.8, 4) is 5.75 Å². The van der Waals surface area contributed by atoms with Gasteiger partial charge in [-0.05, 0) is 65.1 Å². The van der Waals surface area contributed by atoms with Crippen LogP contribution in [0.2, 0.25) is 5.02 Å². The predicted molar refractivity (Wildman–Crippen MR) is 123 cm³/mol. The molecule has 0 aliphatic carbocycles. The molecule has 1 N–H and O–H groups in total. The summed E-state index contributed by atoms with van der Waals surface area (Å²) in [6.45, 7) is 0.370. The van der Waals surface area contributed by atoms with Crippen molar-refractivity contribution in [2.45, 2.75) is 13.2 Å². The fourth-order valence-corrected chi connectivity index (χ4v) is 3.35. The minimum absolute atomic E-state index is 0.0981.